The van der Waals surface area contributed by atoms with Crippen LogP contribution in [0.15, 0.2) is 12.1 Å². The van der Waals surface area contributed by atoms with E-state index in [-0.39, 0.29) is 5.75 Å². The van der Waals surface area contributed by atoms with Gasteiger partial charge < -0.3 is 10.5 Å². The molecule has 15 heavy (non-hydrogen) atoms. The number of nitrogens with two attached hydrogens (primary N) is 1. The number of hydrogen-bond donors (Lipinski definition) is 1. The van der Waals surface area contributed by atoms with Gasteiger partial charge in [0.1, 0.15) is 0 Å². The Balaban J connectivity index is 2.75. The first-order valence-corrected chi connectivity index (χ1v) is 4.91. The minimum absolute atomic E-state index is 0.322. The van der Waals surface area contributed by atoms with E-state index in [1.807, 2.05) is 0 Å². The molecule has 84 valence electrons. The lowest BCUT2D eigenvalue weighted by Crippen LogP contribution is -2.00. The molecule has 0 bridgehead atoms. The lowest BCUT2D eigenvalue weighted by molar-refractivity contribution is 0.359. The van der Waals surface area contributed by atoms with E-state index < -0.39 is 11.6 Å². The minimum atomic E-state index is -0.653. The number of unbranched alkanes of at least 4 members (excludes halogenated alkanes) is 1. The summed E-state index contributed by atoms with van der Waals surface area (Å²) >= 11 is 0. The number of rotatable bonds is 5. The molecule has 2 N–H and O–H groups in total. The molecule has 0 aliphatic heterocycles. The van der Waals surface area contributed by atoms with Crippen LogP contribution in [0.4, 0.5) is 8.78 Å². The Morgan fingerprint density at radius 2 is 1.80 bits per heavy atom. The summed E-state index contributed by atoms with van der Waals surface area (Å²) in [4.78, 5) is 0. The van der Waals surface area contributed by atoms with Crippen LogP contribution in [0.25, 0.3) is 0 Å². The van der Waals surface area contributed by atoms with Crippen LogP contribution in [-0.2, 0) is 6.42 Å². The fourth-order valence-electron chi connectivity index (χ4n) is 1.43. The molecule has 0 saturated carbocycles. The quantitative estimate of drug-likeness (QED) is 0.764. The predicted octanol–water partition coefficient (Wildman–Crippen LogP) is 2.25. The van der Waals surface area contributed by atoms with Crippen LogP contribution in [-0.4, -0.2) is 13.7 Å². The number of aryl methyl sites for hydroxylation is 1. The van der Waals surface area contributed by atoms with Crippen LogP contribution in [0.5, 0.6) is 5.75 Å². The summed E-state index contributed by atoms with van der Waals surface area (Å²) < 4.78 is 31.0. The van der Waals surface area contributed by atoms with Crippen LogP contribution in [0, 0.1) is 11.6 Å². The molecular formula is C11H15F2NO. The summed E-state index contributed by atoms with van der Waals surface area (Å²) in [6, 6.07) is 2.61. The van der Waals surface area contributed by atoms with E-state index in [0.717, 1.165) is 12.8 Å². The lowest BCUT2D eigenvalue weighted by atomic mass is 10.1. The smallest absolute Gasteiger partial charge is 0.190 e. The van der Waals surface area contributed by atoms with Gasteiger partial charge in [-0.25, -0.2) is 8.78 Å². The third-order valence-corrected chi connectivity index (χ3v) is 2.18. The molecule has 1 aromatic rings. The molecular weight excluding hydrogens is 200 g/mol. The van der Waals surface area contributed by atoms with Gasteiger partial charge in [0.15, 0.2) is 17.4 Å². The van der Waals surface area contributed by atoms with Gasteiger partial charge in [0, 0.05) is 0 Å². The first-order chi connectivity index (χ1) is 7.19. The molecule has 0 unspecified atom stereocenters. The van der Waals surface area contributed by atoms with Gasteiger partial charge >= 0.3 is 0 Å². The molecule has 0 radical (unpaired) electrons. The second kappa shape index (κ2) is 5.66. The van der Waals surface area contributed by atoms with Gasteiger partial charge in [-0.05, 0) is 43.5 Å². The zero-order valence-corrected chi connectivity index (χ0v) is 8.72. The molecule has 0 atom stereocenters. The van der Waals surface area contributed by atoms with Crippen molar-refractivity contribution in [3.05, 3.63) is 29.3 Å². The fraction of sp³-hybridized carbons (Fsp3) is 0.455. The zero-order valence-electron chi connectivity index (χ0n) is 8.72. The Labute approximate surface area is 88.0 Å². The summed E-state index contributed by atoms with van der Waals surface area (Å²) in [5.74, 6) is -1.63. The summed E-state index contributed by atoms with van der Waals surface area (Å²) in [5, 5.41) is 0. The molecule has 0 fully saturated rings. The first kappa shape index (κ1) is 11.9. The average molecular weight is 215 g/mol. The number of ether oxygens (including phenoxy) is 1. The van der Waals surface area contributed by atoms with Crippen LogP contribution < -0.4 is 10.5 Å². The Bertz CT molecular complexity index is 305. The molecule has 4 heteroatoms. The topological polar surface area (TPSA) is 35.2 Å². The van der Waals surface area contributed by atoms with Gasteiger partial charge in [0.25, 0.3) is 0 Å². The van der Waals surface area contributed by atoms with Crippen molar-refractivity contribution < 1.29 is 13.5 Å². The Hall–Kier alpha value is -1.16. The second-order valence-corrected chi connectivity index (χ2v) is 3.34. The third-order valence-electron chi connectivity index (χ3n) is 2.18. The summed E-state index contributed by atoms with van der Waals surface area (Å²) in [7, 11) is 1.25. The average Bonchev–Trinajstić information content (AvgIpc) is 2.18. The largest absolute Gasteiger partial charge is 0.491 e. The van der Waals surface area contributed by atoms with E-state index in [0.29, 0.717) is 18.5 Å². The normalized spacial score (nSPS) is 10.4. The minimum Gasteiger partial charge on any atom is -0.491 e. The summed E-state index contributed by atoms with van der Waals surface area (Å²) in [5.41, 5.74) is 5.97. The highest BCUT2D eigenvalue weighted by Crippen LogP contribution is 2.23. The Kier molecular flexibility index (Phi) is 4.49. The van der Waals surface area contributed by atoms with Gasteiger partial charge in [-0.3, -0.25) is 0 Å². The monoisotopic (exact) mass is 215 g/mol. The highest BCUT2D eigenvalue weighted by Gasteiger charge is 2.10. The van der Waals surface area contributed by atoms with E-state index in [9.17, 15) is 8.78 Å². The van der Waals surface area contributed by atoms with Crippen LogP contribution >= 0.6 is 0 Å². The number of hydrogen-bond acceptors (Lipinski definition) is 2. The predicted molar refractivity (Wildman–Crippen MR) is 54.9 cm³/mol. The van der Waals surface area contributed by atoms with Gasteiger partial charge in [0.05, 0.1) is 7.11 Å². The van der Waals surface area contributed by atoms with Gasteiger partial charge in [0.2, 0.25) is 0 Å². The summed E-state index contributed by atoms with van der Waals surface area (Å²) in [6.07, 6.45) is 2.33. The van der Waals surface area contributed by atoms with E-state index >= 15 is 0 Å². The fourth-order valence-corrected chi connectivity index (χ4v) is 1.43. The van der Waals surface area contributed by atoms with E-state index in [1.165, 1.54) is 19.2 Å². The van der Waals surface area contributed by atoms with Crippen molar-refractivity contribution in [2.45, 2.75) is 19.3 Å². The van der Waals surface area contributed by atoms with Crippen molar-refractivity contribution >= 4 is 0 Å². The Morgan fingerprint density at radius 1 is 1.20 bits per heavy atom. The van der Waals surface area contributed by atoms with E-state index in [1.54, 1.807) is 0 Å². The highest BCUT2D eigenvalue weighted by atomic mass is 19.1. The molecule has 1 rings (SSSR count). The van der Waals surface area contributed by atoms with Crippen LogP contribution in [0.1, 0.15) is 18.4 Å². The lowest BCUT2D eigenvalue weighted by Gasteiger charge is -2.06. The van der Waals surface area contributed by atoms with Crippen molar-refractivity contribution in [1.82, 2.24) is 0 Å². The zero-order chi connectivity index (χ0) is 11.3. The second-order valence-electron chi connectivity index (χ2n) is 3.34. The Morgan fingerprint density at radius 3 is 2.27 bits per heavy atom. The van der Waals surface area contributed by atoms with Gasteiger partial charge in [-0.1, -0.05) is 0 Å². The SMILES string of the molecule is COc1c(F)cc(CCCCN)cc1F. The van der Waals surface area contributed by atoms with Crippen LogP contribution in [0.3, 0.4) is 0 Å². The van der Waals surface area contributed by atoms with E-state index in [2.05, 4.69) is 4.74 Å². The molecule has 0 aliphatic rings. The maximum Gasteiger partial charge on any atom is 0.190 e. The van der Waals surface area contributed by atoms with Gasteiger partial charge in [-0.15, -0.1) is 0 Å². The highest BCUT2D eigenvalue weighted by molar-refractivity contribution is 5.31. The molecule has 0 heterocycles. The molecule has 1 aromatic carbocycles. The van der Waals surface area contributed by atoms with Crippen molar-refractivity contribution in [3.8, 4) is 5.75 Å². The molecule has 0 aromatic heterocycles. The number of methoxy groups -OCH3 is 1. The number of benzene rings is 1. The first-order valence-electron chi connectivity index (χ1n) is 4.91. The maximum atomic E-state index is 13.2. The maximum absolute atomic E-state index is 13.2. The van der Waals surface area contributed by atoms with Crippen molar-refractivity contribution in [2.24, 2.45) is 5.73 Å². The van der Waals surface area contributed by atoms with Crippen molar-refractivity contribution in [1.29, 1.82) is 0 Å². The molecule has 2 nitrogen and oxygen atoms in total. The number of halogens is 2. The van der Waals surface area contributed by atoms with Crippen LogP contribution in [0.2, 0.25) is 0 Å². The standard InChI is InChI=1S/C11H15F2NO/c1-15-11-9(12)6-8(7-10(11)13)4-2-3-5-14/h6-7H,2-5,14H2,1H3. The third kappa shape index (κ3) is 3.16. The van der Waals surface area contributed by atoms with Gasteiger partial charge in [-0.2, -0.15) is 0 Å². The summed E-state index contributed by atoms with van der Waals surface area (Å²) in [6.45, 7) is 0.598. The van der Waals surface area contributed by atoms with E-state index in [4.69, 9.17) is 5.73 Å². The molecule has 0 amide bonds. The molecule has 0 saturated heterocycles. The van der Waals surface area contributed by atoms with Crippen molar-refractivity contribution in [3.63, 3.8) is 0 Å². The molecule has 0 spiro atoms. The molecule has 0 aliphatic carbocycles. The van der Waals surface area contributed by atoms with Crippen molar-refractivity contribution in [2.75, 3.05) is 13.7 Å².